The fourth-order valence-corrected chi connectivity index (χ4v) is 6.77. The zero-order chi connectivity index (χ0) is 20.5. The summed E-state index contributed by atoms with van der Waals surface area (Å²) in [4.78, 5) is 2.67. The minimum Gasteiger partial charge on any atom is -0.166 e. The van der Waals surface area contributed by atoms with E-state index in [-0.39, 0.29) is 0 Å². The van der Waals surface area contributed by atoms with E-state index in [4.69, 9.17) is 0 Å². The Balaban J connectivity index is 1.26. The van der Waals surface area contributed by atoms with Gasteiger partial charge < -0.3 is 0 Å². The maximum absolute atomic E-state index is 12.7. The van der Waals surface area contributed by atoms with Gasteiger partial charge in [0.15, 0.2) is 0 Å². The van der Waals surface area contributed by atoms with Gasteiger partial charge in [-0.15, -0.1) is 22.7 Å². The summed E-state index contributed by atoms with van der Waals surface area (Å²) in [7, 11) is 0. The molecule has 0 amide bonds. The summed E-state index contributed by atoms with van der Waals surface area (Å²) >= 11 is 3.61. The third-order valence-corrected chi connectivity index (χ3v) is 8.37. The minimum atomic E-state index is -4.28. The SMILES string of the molecule is FC(F)(F)c1ccc(CCc2cc3c4c(ccc3s2)C2c3ccsc3C=CC42)cc1. The van der Waals surface area contributed by atoms with Crippen LogP contribution >= 0.6 is 22.7 Å². The van der Waals surface area contributed by atoms with Gasteiger partial charge in [-0.05, 0) is 82.3 Å². The lowest BCUT2D eigenvalue weighted by molar-refractivity contribution is -0.137. The van der Waals surface area contributed by atoms with Crippen LogP contribution in [0.15, 0.2) is 60.0 Å². The van der Waals surface area contributed by atoms with Crippen LogP contribution in [0.4, 0.5) is 13.2 Å². The van der Waals surface area contributed by atoms with E-state index >= 15 is 0 Å². The zero-order valence-corrected chi connectivity index (χ0v) is 17.5. The first-order valence-electron chi connectivity index (χ1n) is 9.96. The molecule has 0 saturated heterocycles. The Bertz CT molecular complexity index is 1290. The summed E-state index contributed by atoms with van der Waals surface area (Å²) < 4.78 is 39.5. The van der Waals surface area contributed by atoms with Crippen LogP contribution in [0.3, 0.4) is 0 Å². The Morgan fingerprint density at radius 2 is 1.73 bits per heavy atom. The largest absolute Gasteiger partial charge is 0.416 e. The third-order valence-electron chi connectivity index (χ3n) is 6.31. The van der Waals surface area contributed by atoms with E-state index in [1.165, 1.54) is 48.7 Å². The summed E-state index contributed by atoms with van der Waals surface area (Å²) in [5.74, 6) is 0.953. The molecule has 2 aliphatic rings. The normalized spacial score (nSPS) is 19.3. The summed E-state index contributed by atoms with van der Waals surface area (Å²) in [6, 6.07) is 14.6. The predicted octanol–water partition coefficient (Wildman–Crippen LogP) is 8.02. The number of thiophene rings is 2. The average molecular weight is 439 g/mol. The van der Waals surface area contributed by atoms with Crippen LogP contribution in [0.1, 0.15) is 49.4 Å². The van der Waals surface area contributed by atoms with Gasteiger partial charge in [-0.25, -0.2) is 0 Å². The molecule has 0 N–H and O–H groups in total. The highest BCUT2D eigenvalue weighted by Gasteiger charge is 2.41. The van der Waals surface area contributed by atoms with Crippen molar-refractivity contribution in [2.45, 2.75) is 30.9 Å². The molecule has 0 radical (unpaired) electrons. The molecule has 0 spiro atoms. The lowest BCUT2D eigenvalue weighted by Gasteiger charge is -2.41. The summed E-state index contributed by atoms with van der Waals surface area (Å²) in [5, 5.41) is 3.53. The maximum atomic E-state index is 12.7. The molecule has 30 heavy (non-hydrogen) atoms. The molecule has 0 fully saturated rings. The molecule has 2 aromatic heterocycles. The van der Waals surface area contributed by atoms with Crippen molar-refractivity contribution in [2.24, 2.45) is 0 Å². The molecule has 6 rings (SSSR count). The van der Waals surface area contributed by atoms with Gasteiger partial charge in [0.1, 0.15) is 0 Å². The molecule has 0 bridgehead atoms. The molecule has 0 saturated carbocycles. The first-order chi connectivity index (χ1) is 14.5. The van der Waals surface area contributed by atoms with Gasteiger partial charge in [-0.3, -0.25) is 0 Å². The fourth-order valence-electron chi connectivity index (χ4n) is 4.84. The quantitative estimate of drug-likeness (QED) is 0.304. The molecule has 0 nitrogen and oxygen atoms in total. The molecule has 2 unspecified atom stereocenters. The van der Waals surface area contributed by atoms with Crippen molar-refractivity contribution in [1.29, 1.82) is 0 Å². The summed E-state index contributed by atoms with van der Waals surface area (Å²) in [5.41, 5.74) is 4.72. The second kappa shape index (κ2) is 6.56. The number of allylic oxidation sites excluding steroid dienone is 1. The average Bonchev–Trinajstić information content (AvgIpc) is 3.33. The zero-order valence-electron chi connectivity index (χ0n) is 15.9. The van der Waals surface area contributed by atoms with Crippen molar-refractivity contribution in [3.05, 3.63) is 97.6 Å². The van der Waals surface area contributed by atoms with Crippen molar-refractivity contribution in [1.82, 2.24) is 0 Å². The number of alkyl halides is 3. The number of hydrogen-bond donors (Lipinski definition) is 0. The lowest BCUT2D eigenvalue weighted by Crippen LogP contribution is -2.25. The molecular weight excluding hydrogens is 421 g/mol. The second-order valence-electron chi connectivity index (χ2n) is 7.99. The van der Waals surface area contributed by atoms with Gasteiger partial charge >= 0.3 is 6.18 Å². The molecule has 2 atom stereocenters. The van der Waals surface area contributed by atoms with Crippen LogP contribution in [0.2, 0.25) is 0 Å². The molecule has 4 aromatic rings. The van der Waals surface area contributed by atoms with Crippen LogP contribution in [0.5, 0.6) is 0 Å². The standard InChI is InChI=1S/C25H17F3S2/c26-25(27,28)15-4-1-14(2-5-15)3-6-16-13-20-22(30-16)10-8-19-23-17-11-12-29-21(17)9-7-18(23)24(19)20/h1-2,4-5,7-13,18,23H,3,6H2. The van der Waals surface area contributed by atoms with E-state index in [1.54, 1.807) is 34.8 Å². The van der Waals surface area contributed by atoms with Crippen molar-refractivity contribution in [2.75, 3.05) is 0 Å². The molecule has 2 aromatic carbocycles. The van der Waals surface area contributed by atoms with Crippen molar-refractivity contribution in [3.63, 3.8) is 0 Å². The monoisotopic (exact) mass is 438 g/mol. The molecular formula is C25H17F3S2. The van der Waals surface area contributed by atoms with Crippen LogP contribution < -0.4 is 0 Å². The van der Waals surface area contributed by atoms with E-state index < -0.39 is 11.7 Å². The minimum absolute atomic E-state index is 0.461. The smallest absolute Gasteiger partial charge is 0.166 e. The Morgan fingerprint density at radius 1 is 0.900 bits per heavy atom. The Morgan fingerprint density at radius 3 is 2.53 bits per heavy atom. The maximum Gasteiger partial charge on any atom is 0.416 e. The van der Waals surface area contributed by atoms with Gasteiger partial charge in [0.25, 0.3) is 0 Å². The van der Waals surface area contributed by atoms with Gasteiger partial charge in [0, 0.05) is 26.3 Å². The highest BCUT2D eigenvalue weighted by molar-refractivity contribution is 7.19. The number of benzene rings is 2. The van der Waals surface area contributed by atoms with Crippen molar-refractivity contribution in [3.8, 4) is 0 Å². The third kappa shape index (κ3) is 2.79. The number of aryl methyl sites for hydroxylation is 2. The van der Waals surface area contributed by atoms with E-state index in [0.717, 1.165) is 18.4 Å². The van der Waals surface area contributed by atoms with Crippen LogP contribution in [-0.2, 0) is 19.0 Å². The number of hydrogen-bond acceptors (Lipinski definition) is 2. The van der Waals surface area contributed by atoms with Crippen molar-refractivity contribution < 1.29 is 13.2 Å². The molecule has 150 valence electrons. The fraction of sp³-hybridized carbons (Fsp3) is 0.200. The van der Waals surface area contributed by atoms with Gasteiger partial charge in [-0.1, -0.05) is 24.3 Å². The molecule has 5 heteroatoms. The topological polar surface area (TPSA) is 0 Å². The number of fused-ring (bicyclic) bond motifs is 8. The number of halogens is 3. The molecule has 2 aliphatic carbocycles. The van der Waals surface area contributed by atoms with E-state index in [2.05, 4.69) is 41.8 Å². The van der Waals surface area contributed by atoms with E-state index in [1.807, 2.05) is 0 Å². The van der Waals surface area contributed by atoms with Gasteiger partial charge in [0.05, 0.1) is 5.56 Å². The van der Waals surface area contributed by atoms with Crippen molar-refractivity contribution >= 4 is 38.8 Å². The van der Waals surface area contributed by atoms with Crippen LogP contribution in [-0.4, -0.2) is 0 Å². The summed E-state index contributed by atoms with van der Waals surface area (Å²) in [6.45, 7) is 0. The molecule has 0 aliphatic heterocycles. The predicted molar refractivity (Wildman–Crippen MR) is 119 cm³/mol. The first kappa shape index (κ1) is 18.4. The van der Waals surface area contributed by atoms with E-state index in [0.29, 0.717) is 11.8 Å². The highest BCUT2D eigenvalue weighted by Crippen LogP contribution is 2.58. The molecule has 2 heterocycles. The Kier molecular flexibility index (Phi) is 4.03. The van der Waals surface area contributed by atoms with E-state index in [9.17, 15) is 13.2 Å². The van der Waals surface area contributed by atoms with Crippen LogP contribution in [0.25, 0.3) is 16.2 Å². The lowest BCUT2D eigenvalue weighted by atomic mass is 9.62. The van der Waals surface area contributed by atoms with Gasteiger partial charge in [0.2, 0.25) is 0 Å². The first-order valence-corrected chi connectivity index (χ1v) is 11.7. The van der Waals surface area contributed by atoms with Crippen LogP contribution in [0, 0.1) is 0 Å². The Labute approximate surface area is 180 Å². The highest BCUT2D eigenvalue weighted by atomic mass is 32.1. The number of rotatable bonds is 3. The summed E-state index contributed by atoms with van der Waals surface area (Å²) in [6.07, 6.45) is 1.93. The Hall–Kier alpha value is -2.37. The van der Waals surface area contributed by atoms with Gasteiger partial charge in [-0.2, -0.15) is 13.2 Å². The second-order valence-corrected chi connectivity index (χ2v) is 10.1.